The van der Waals surface area contributed by atoms with Crippen molar-refractivity contribution in [2.45, 2.75) is 44.9 Å². The van der Waals surface area contributed by atoms with Gasteiger partial charge in [-0.2, -0.15) is 0 Å². The van der Waals surface area contributed by atoms with Gasteiger partial charge in [0, 0.05) is 6.54 Å². The molecule has 0 bridgehead atoms. The van der Waals surface area contributed by atoms with E-state index < -0.39 is 0 Å². The number of ether oxygens (including phenoxy) is 1. The maximum absolute atomic E-state index is 11.6. The van der Waals surface area contributed by atoms with E-state index >= 15 is 0 Å². The van der Waals surface area contributed by atoms with E-state index in [-0.39, 0.29) is 6.09 Å². The maximum Gasteiger partial charge on any atom is 0.412 e. The molecule has 104 valence electrons. The Hall–Kier alpha value is -1.51. The molecule has 0 radical (unpaired) electrons. The third kappa shape index (κ3) is 5.33. The van der Waals surface area contributed by atoms with Crippen molar-refractivity contribution in [2.24, 2.45) is 5.92 Å². The molecule has 19 heavy (non-hydrogen) atoms. The molecule has 2 rings (SSSR count). The highest BCUT2D eigenvalue weighted by Gasteiger charge is 2.12. The van der Waals surface area contributed by atoms with Crippen LogP contribution in [0.5, 0.6) is 5.75 Å². The molecule has 1 N–H and O–H groups in total. The molecule has 0 atom stereocenters. The molecular weight excluding hydrogens is 238 g/mol. The van der Waals surface area contributed by atoms with Gasteiger partial charge in [-0.05, 0) is 24.5 Å². The van der Waals surface area contributed by atoms with Crippen LogP contribution in [-0.4, -0.2) is 12.6 Å². The lowest BCUT2D eigenvalue weighted by Crippen LogP contribution is -2.28. The lowest BCUT2D eigenvalue weighted by atomic mass is 9.97. The Labute approximate surface area is 115 Å². The van der Waals surface area contributed by atoms with Crippen molar-refractivity contribution in [3.8, 4) is 5.75 Å². The van der Waals surface area contributed by atoms with Gasteiger partial charge in [0.1, 0.15) is 5.75 Å². The fraction of sp³-hybridized carbons (Fsp3) is 0.562. The summed E-state index contributed by atoms with van der Waals surface area (Å²) >= 11 is 0. The summed E-state index contributed by atoms with van der Waals surface area (Å²) in [5.41, 5.74) is 0. The van der Waals surface area contributed by atoms with Gasteiger partial charge in [0.2, 0.25) is 0 Å². The van der Waals surface area contributed by atoms with E-state index in [1.165, 1.54) is 38.5 Å². The Balaban J connectivity index is 1.63. The highest BCUT2D eigenvalue weighted by atomic mass is 16.5. The first-order chi connectivity index (χ1) is 9.34. The molecule has 0 unspecified atom stereocenters. The van der Waals surface area contributed by atoms with Crippen molar-refractivity contribution in [2.75, 3.05) is 6.54 Å². The van der Waals surface area contributed by atoms with Crippen molar-refractivity contribution in [1.29, 1.82) is 0 Å². The smallest absolute Gasteiger partial charge is 0.410 e. The highest BCUT2D eigenvalue weighted by molar-refractivity contribution is 5.70. The van der Waals surface area contributed by atoms with Crippen molar-refractivity contribution >= 4 is 6.09 Å². The van der Waals surface area contributed by atoms with Gasteiger partial charge >= 0.3 is 6.09 Å². The first-order valence-electron chi connectivity index (χ1n) is 7.35. The second-order valence-corrected chi connectivity index (χ2v) is 5.28. The third-order valence-corrected chi connectivity index (χ3v) is 3.75. The number of nitrogens with one attached hydrogen (secondary N) is 1. The Morgan fingerprint density at radius 3 is 2.47 bits per heavy atom. The fourth-order valence-corrected chi connectivity index (χ4v) is 2.66. The molecule has 3 heteroatoms. The number of hydrogen-bond donors (Lipinski definition) is 1. The Morgan fingerprint density at radius 1 is 1.11 bits per heavy atom. The van der Waals surface area contributed by atoms with E-state index in [0.717, 1.165) is 18.9 Å². The van der Waals surface area contributed by atoms with Crippen molar-refractivity contribution in [1.82, 2.24) is 5.32 Å². The average Bonchev–Trinajstić information content (AvgIpc) is 2.68. The summed E-state index contributed by atoms with van der Waals surface area (Å²) in [5, 5.41) is 2.84. The van der Waals surface area contributed by atoms with E-state index in [2.05, 4.69) is 5.32 Å². The van der Waals surface area contributed by atoms with Crippen LogP contribution in [0.1, 0.15) is 44.9 Å². The minimum Gasteiger partial charge on any atom is -0.410 e. The number of para-hydroxylation sites is 1. The predicted molar refractivity (Wildman–Crippen MR) is 76.3 cm³/mol. The zero-order valence-corrected chi connectivity index (χ0v) is 11.4. The van der Waals surface area contributed by atoms with Gasteiger partial charge in [-0.1, -0.05) is 56.7 Å². The molecule has 0 saturated heterocycles. The van der Waals surface area contributed by atoms with E-state index in [9.17, 15) is 4.79 Å². The monoisotopic (exact) mass is 261 g/mol. The number of rotatable bonds is 4. The Morgan fingerprint density at radius 2 is 1.79 bits per heavy atom. The molecule has 1 aromatic carbocycles. The number of amides is 1. The van der Waals surface area contributed by atoms with Gasteiger partial charge in [0.15, 0.2) is 0 Å². The Bertz CT molecular complexity index is 370. The lowest BCUT2D eigenvalue weighted by Gasteiger charge is -2.14. The summed E-state index contributed by atoms with van der Waals surface area (Å²) < 4.78 is 5.18. The van der Waals surface area contributed by atoms with Crippen molar-refractivity contribution < 1.29 is 9.53 Å². The first kappa shape index (κ1) is 13.9. The van der Waals surface area contributed by atoms with Gasteiger partial charge < -0.3 is 10.1 Å². The fourth-order valence-electron chi connectivity index (χ4n) is 2.66. The standard InChI is InChI=1S/C16H23NO2/c18-16(19-15-10-6-3-7-11-15)17-13-12-14-8-4-1-2-5-9-14/h3,6-7,10-11,14H,1-2,4-5,8-9,12-13H2,(H,17,18). The Kier molecular flexibility index (Phi) is 5.73. The second kappa shape index (κ2) is 7.82. The number of benzene rings is 1. The summed E-state index contributed by atoms with van der Waals surface area (Å²) in [5.74, 6) is 1.37. The molecule has 1 aliphatic carbocycles. The summed E-state index contributed by atoms with van der Waals surface area (Å²) in [6, 6.07) is 9.18. The van der Waals surface area contributed by atoms with Crippen LogP contribution >= 0.6 is 0 Å². The predicted octanol–water partition coefficient (Wildman–Crippen LogP) is 4.14. The van der Waals surface area contributed by atoms with E-state index in [0.29, 0.717) is 5.75 Å². The topological polar surface area (TPSA) is 38.3 Å². The van der Waals surface area contributed by atoms with E-state index in [4.69, 9.17) is 4.74 Å². The zero-order valence-electron chi connectivity index (χ0n) is 11.4. The highest BCUT2D eigenvalue weighted by Crippen LogP contribution is 2.24. The molecule has 1 aliphatic rings. The molecule has 3 nitrogen and oxygen atoms in total. The van der Waals surface area contributed by atoms with Crippen molar-refractivity contribution in [3.63, 3.8) is 0 Å². The third-order valence-electron chi connectivity index (χ3n) is 3.75. The lowest BCUT2D eigenvalue weighted by molar-refractivity contribution is 0.199. The zero-order chi connectivity index (χ0) is 13.3. The van der Waals surface area contributed by atoms with Crippen LogP contribution in [-0.2, 0) is 0 Å². The van der Waals surface area contributed by atoms with Crippen LogP contribution in [0.3, 0.4) is 0 Å². The maximum atomic E-state index is 11.6. The number of carbonyl (C=O) groups is 1. The van der Waals surface area contributed by atoms with Gasteiger partial charge in [0.25, 0.3) is 0 Å². The SMILES string of the molecule is O=C(NCCC1CCCCCC1)Oc1ccccc1. The molecule has 0 spiro atoms. The molecule has 1 amide bonds. The van der Waals surface area contributed by atoms with Crippen LogP contribution in [0.2, 0.25) is 0 Å². The minimum absolute atomic E-state index is 0.347. The van der Waals surface area contributed by atoms with Crippen LogP contribution < -0.4 is 10.1 Å². The quantitative estimate of drug-likeness (QED) is 0.827. The van der Waals surface area contributed by atoms with Gasteiger partial charge in [-0.25, -0.2) is 4.79 Å². The van der Waals surface area contributed by atoms with Gasteiger partial charge in [-0.15, -0.1) is 0 Å². The molecule has 1 fully saturated rings. The molecule has 0 aliphatic heterocycles. The van der Waals surface area contributed by atoms with E-state index in [1.807, 2.05) is 18.2 Å². The summed E-state index contributed by atoms with van der Waals surface area (Å²) in [6.45, 7) is 0.719. The van der Waals surface area contributed by atoms with Gasteiger partial charge in [0.05, 0.1) is 0 Å². The summed E-state index contributed by atoms with van der Waals surface area (Å²) in [4.78, 5) is 11.6. The molecule has 0 heterocycles. The molecular formula is C16H23NO2. The van der Waals surface area contributed by atoms with Crippen molar-refractivity contribution in [3.05, 3.63) is 30.3 Å². The van der Waals surface area contributed by atoms with Crippen LogP contribution in [0.4, 0.5) is 4.79 Å². The van der Waals surface area contributed by atoms with Gasteiger partial charge in [-0.3, -0.25) is 0 Å². The normalized spacial score (nSPS) is 16.6. The molecule has 0 aromatic heterocycles. The average molecular weight is 261 g/mol. The van der Waals surface area contributed by atoms with Crippen LogP contribution in [0.25, 0.3) is 0 Å². The molecule has 1 aromatic rings. The largest absolute Gasteiger partial charge is 0.412 e. The first-order valence-corrected chi connectivity index (χ1v) is 7.35. The van der Waals surface area contributed by atoms with Crippen LogP contribution in [0, 0.1) is 5.92 Å². The second-order valence-electron chi connectivity index (χ2n) is 5.28. The van der Waals surface area contributed by atoms with Crippen LogP contribution in [0.15, 0.2) is 30.3 Å². The summed E-state index contributed by atoms with van der Waals surface area (Å²) in [6.07, 6.45) is 8.80. The molecule has 1 saturated carbocycles. The number of hydrogen-bond acceptors (Lipinski definition) is 2. The number of carbonyl (C=O) groups excluding carboxylic acids is 1. The minimum atomic E-state index is -0.347. The van der Waals surface area contributed by atoms with E-state index in [1.54, 1.807) is 12.1 Å². The summed E-state index contributed by atoms with van der Waals surface area (Å²) in [7, 11) is 0.